The molecule has 0 saturated heterocycles. The molecule has 0 radical (unpaired) electrons. The van der Waals surface area contributed by atoms with Gasteiger partial charge in [0, 0.05) is 12.2 Å². The summed E-state index contributed by atoms with van der Waals surface area (Å²) in [5.41, 5.74) is 1.95. The zero-order valence-corrected chi connectivity index (χ0v) is 10.7. The standard InChI is InChI=1S/C13H19N3O2/c1-3-8-14-13(18)16-12(17)9-15-11-7-5-4-6-10(11)2/h4-7,15H,3,8-9H2,1-2H3,(H2,14,16,17,18). The summed E-state index contributed by atoms with van der Waals surface area (Å²) >= 11 is 0. The molecule has 5 heteroatoms. The molecule has 0 aliphatic heterocycles. The Morgan fingerprint density at radius 2 is 1.94 bits per heavy atom. The van der Waals surface area contributed by atoms with Crippen LogP contribution in [0.1, 0.15) is 18.9 Å². The fraction of sp³-hybridized carbons (Fsp3) is 0.385. The maximum atomic E-state index is 11.5. The Labute approximate surface area is 107 Å². The number of urea groups is 1. The van der Waals surface area contributed by atoms with Crippen LogP contribution in [0, 0.1) is 6.92 Å². The normalized spacial score (nSPS) is 9.67. The molecule has 0 aliphatic carbocycles. The molecule has 0 atom stereocenters. The van der Waals surface area contributed by atoms with Gasteiger partial charge in [0.25, 0.3) is 0 Å². The van der Waals surface area contributed by atoms with Gasteiger partial charge in [0.2, 0.25) is 5.91 Å². The summed E-state index contributed by atoms with van der Waals surface area (Å²) in [5, 5.41) is 7.81. The first-order valence-corrected chi connectivity index (χ1v) is 6.00. The minimum atomic E-state index is -0.451. The molecule has 98 valence electrons. The van der Waals surface area contributed by atoms with Crippen LogP contribution >= 0.6 is 0 Å². The van der Waals surface area contributed by atoms with Crippen molar-refractivity contribution in [3.63, 3.8) is 0 Å². The first kappa shape index (κ1) is 14.0. The fourth-order valence-corrected chi connectivity index (χ4v) is 1.40. The van der Waals surface area contributed by atoms with Crippen molar-refractivity contribution in [2.45, 2.75) is 20.3 Å². The summed E-state index contributed by atoms with van der Waals surface area (Å²) < 4.78 is 0. The zero-order chi connectivity index (χ0) is 13.4. The number of hydrogen-bond acceptors (Lipinski definition) is 3. The molecule has 0 spiro atoms. The Hall–Kier alpha value is -2.04. The molecule has 0 fully saturated rings. The number of carbonyl (C=O) groups is 2. The van der Waals surface area contributed by atoms with Gasteiger partial charge in [-0.25, -0.2) is 4.79 Å². The van der Waals surface area contributed by atoms with E-state index in [1.165, 1.54) is 0 Å². The van der Waals surface area contributed by atoms with Crippen molar-refractivity contribution in [3.8, 4) is 0 Å². The number of aryl methyl sites for hydroxylation is 1. The molecule has 0 bridgehead atoms. The van der Waals surface area contributed by atoms with E-state index >= 15 is 0 Å². The van der Waals surface area contributed by atoms with Gasteiger partial charge in [0.05, 0.1) is 6.54 Å². The Morgan fingerprint density at radius 3 is 2.61 bits per heavy atom. The number of benzene rings is 1. The van der Waals surface area contributed by atoms with E-state index in [1.54, 1.807) is 0 Å². The molecule has 3 N–H and O–H groups in total. The molecule has 3 amide bonds. The molecule has 1 aromatic carbocycles. The van der Waals surface area contributed by atoms with Gasteiger partial charge >= 0.3 is 6.03 Å². The zero-order valence-electron chi connectivity index (χ0n) is 10.7. The summed E-state index contributed by atoms with van der Waals surface area (Å²) in [4.78, 5) is 22.7. The van der Waals surface area contributed by atoms with Crippen molar-refractivity contribution in [2.75, 3.05) is 18.4 Å². The van der Waals surface area contributed by atoms with E-state index in [4.69, 9.17) is 0 Å². The molecule has 0 saturated carbocycles. The quantitative estimate of drug-likeness (QED) is 0.743. The summed E-state index contributed by atoms with van der Waals surface area (Å²) in [6.07, 6.45) is 0.836. The van der Waals surface area contributed by atoms with Crippen molar-refractivity contribution in [1.29, 1.82) is 0 Å². The maximum absolute atomic E-state index is 11.5. The fourth-order valence-electron chi connectivity index (χ4n) is 1.40. The lowest BCUT2D eigenvalue weighted by atomic mass is 10.2. The largest absolute Gasteiger partial charge is 0.376 e. The van der Waals surface area contributed by atoms with Crippen molar-refractivity contribution in [1.82, 2.24) is 10.6 Å². The SMILES string of the molecule is CCCNC(=O)NC(=O)CNc1ccccc1C. The topological polar surface area (TPSA) is 70.2 Å². The van der Waals surface area contributed by atoms with Crippen molar-refractivity contribution in [2.24, 2.45) is 0 Å². The smallest absolute Gasteiger partial charge is 0.321 e. The highest BCUT2D eigenvalue weighted by Gasteiger charge is 2.06. The Kier molecular flexibility index (Phi) is 5.70. The van der Waals surface area contributed by atoms with Gasteiger partial charge in [-0.05, 0) is 25.0 Å². The maximum Gasteiger partial charge on any atom is 0.321 e. The molecule has 0 heterocycles. The Bertz CT molecular complexity index is 418. The van der Waals surface area contributed by atoms with Crippen LogP contribution in [0.4, 0.5) is 10.5 Å². The highest BCUT2D eigenvalue weighted by atomic mass is 16.2. The predicted molar refractivity (Wildman–Crippen MR) is 71.5 cm³/mol. The van der Waals surface area contributed by atoms with Gasteiger partial charge < -0.3 is 10.6 Å². The van der Waals surface area contributed by atoms with Crippen LogP contribution in [0.5, 0.6) is 0 Å². The van der Waals surface area contributed by atoms with Crippen molar-refractivity contribution < 1.29 is 9.59 Å². The molecule has 0 unspecified atom stereocenters. The predicted octanol–water partition coefficient (Wildman–Crippen LogP) is 1.64. The molecular formula is C13H19N3O2. The van der Waals surface area contributed by atoms with Crippen molar-refractivity contribution >= 4 is 17.6 Å². The molecule has 5 nitrogen and oxygen atoms in total. The number of carbonyl (C=O) groups excluding carboxylic acids is 2. The minimum absolute atomic E-state index is 0.0738. The summed E-state index contributed by atoms with van der Waals surface area (Å²) in [6, 6.07) is 7.21. The number of nitrogens with one attached hydrogen (secondary N) is 3. The number of anilines is 1. The van der Waals surface area contributed by atoms with Gasteiger partial charge in [0.15, 0.2) is 0 Å². The number of para-hydroxylation sites is 1. The average molecular weight is 249 g/mol. The molecular weight excluding hydrogens is 230 g/mol. The monoisotopic (exact) mass is 249 g/mol. The van der Waals surface area contributed by atoms with Crippen LogP contribution < -0.4 is 16.0 Å². The van der Waals surface area contributed by atoms with Gasteiger partial charge in [-0.3, -0.25) is 10.1 Å². The summed E-state index contributed by atoms with van der Waals surface area (Å²) in [5.74, 6) is -0.355. The second kappa shape index (κ2) is 7.32. The van der Waals surface area contributed by atoms with Crippen LogP contribution in [0.25, 0.3) is 0 Å². The molecule has 1 rings (SSSR count). The summed E-state index contributed by atoms with van der Waals surface area (Å²) in [6.45, 7) is 4.53. The highest BCUT2D eigenvalue weighted by molar-refractivity contribution is 5.96. The van der Waals surface area contributed by atoms with E-state index in [9.17, 15) is 9.59 Å². The van der Waals surface area contributed by atoms with E-state index in [2.05, 4.69) is 16.0 Å². The third-order valence-electron chi connectivity index (χ3n) is 2.37. The van der Waals surface area contributed by atoms with E-state index in [-0.39, 0.29) is 12.5 Å². The van der Waals surface area contributed by atoms with Crippen LogP contribution in [0.3, 0.4) is 0 Å². The van der Waals surface area contributed by atoms with Crippen LogP contribution in [0.15, 0.2) is 24.3 Å². The second-order valence-corrected chi connectivity index (χ2v) is 3.97. The van der Waals surface area contributed by atoms with E-state index in [0.717, 1.165) is 17.7 Å². The molecule has 1 aromatic rings. The van der Waals surface area contributed by atoms with Gasteiger partial charge in [-0.1, -0.05) is 25.1 Å². The number of amides is 3. The Balaban J connectivity index is 2.33. The average Bonchev–Trinajstić information content (AvgIpc) is 2.35. The molecule has 18 heavy (non-hydrogen) atoms. The lowest BCUT2D eigenvalue weighted by Crippen LogP contribution is -2.42. The highest BCUT2D eigenvalue weighted by Crippen LogP contribution is 2.12. The van der Waals surface area contributed by atoms with Crippen LogP contribution in [0.2, 0.25) is 0 Å². The van der Waals surface area contributed by atoms with Gasteiger partial charge in [0.1, 0.15) is 0 Å². The number of imide groups is 1. The van der Waals surface area contributed by atoms with Gasteiger partial charge in [-0.15, -0.1) is 0 Å². The first-order valence-electron chi connectivity index (χ1n) is 6.00. The van der Waals surface area contributed by atoms with Crippen LogP contribution in [-0.2, 0) is 4.79 Å². The lowest BCUT2D eigenvalue weighted by Gasteiger charge is -2.09. The van der Waals surface area contributed by atoms with E-state index in [1.807, 2.05) is 38.1 Å². The van der Waals surface area contributed by atoms with Crippen molar-refractivity contribution in [3.05, 3.63) is 29.8 Å². The van der Waals surface area contributed by atoms with E-state index < -0.39 is 6.03 Å². The van der Waals surface area contributed by atoms with Crippen LogP contribution in [-0.4, -0.2) is 25.0 Å². The lowest BCUT2D eigenvalue weighted by molar-refractivity contribution is -0.118. The van der Waals surface area contributed by atoms with Gasteiger partial charge in [-0.2, -0.15) is 0 Å². The Morgan fingerprint density at radius 1 is 1.22 bits per heavy atom. The van der Waals surface area contributed by atoms with E-state index in [0.29, 0.717) is 6.54 Å². The minimum Gasteiger partial charge on any atom is -0.376 e. The summed E-state index contributed by atoms with van der Waals surface area (Å²) in [7, 11) is 0. The third kappa shape index (κ3) is 4.86. The second-order valence-electron chi connectivity index (χ2n) is 3.97. The third-order valence-corrected chi connectivity index (χ3v) is 2.37. The number of rotatable bonds is 5. The first-order chi connectivity index (χ1) is 8.63. The molecule has 0 aliphatic rings. The number of hydrogen-bond donors (Lipinski definition) is 3. The molecule has 0 aromatic heterocycles.